The Bertz CT molecular complexity index is 562. The Labute approximate surface area is 141 Å². The first kappa shape index (κ1) is 18.4. The van der Waals surface area contributed by atoms with E-state index in [-0.39, 0.29) is 24.8 Å². The van der Waals surface area contributed by atoms with Crippen LogP contribution < -0.4 is 10.2 Å². The molecule has 0 saturated carbocycles. The van der Waals surface area contributed by atoms with E-state index < -0.39 is 5.82 Å². The minimum atomic E-state index is -0.409. The predicted molar refractivity (Wildman–Crippen MR) is 89.3 cm³/mol. The van der Waals surface area contributed by atoms with Crippen molar-refractivity contribution in [3.63, 3.8) is 0 Å². The zero-order chi connectivity index (χ0) is 17.4. The number of amides is 2. The van der Waals surface area contributed by atoms with Gasteiger partial charge in [0.25, 0.3) is 0 Å². The van der Waals surface area contributed by atoms with E-state index >= 15 is 0 Å². The molecule has 1 aliphatic heterocycles. The van der Waals surface area contributed by atoms with Crippen molar-refractivity contribution in [2.45, 2.75) is 13.3 Å². The summed E-state index contributed by atoms with van der Waals surface area (Å²) in [5.41, 5.74) is 0.462. The zero-order valence-electron chi connectivity index (χ0n) is 14.0. The van der Waals surface area contributed by atoms with E-state index in [9.17, 15) is 14.0 Å². The van der Waals surface area contributed by atoms with Crippen LogP contribution in [0.15, 0.2) is 24.3 Å². The summed E-state index contributed by atoms with van der Waals surface area (Å²) in [5.74, 6) is -0.749. The Morgan fingerprint density at radius 1 is 1.33 bits per heavy atom. The summed E-state index contributed by atoms with van der Waals surface area (Å²) in [4.78, 5) is 27.3. The van der Waals surface area contributed by atoms with Gasteiger partial charge in [-0.3, -0.25) is 14.5 Å². The van der Waals surface area contributed by atoms with Crippen molar-refractivity contribution in [3.8, 4) is 0 Å². The lowest BCUT2D eigenvalue weighted by Crippen LogP contribution is -2.42. The fraction of sp³-hybridized carbons (Fsp3) is 0.529. The molecule has 1 aliphatic rings. The summed E-state index contributed by atoms with van der Waals surface area (Å²) in [5, 5.41) is 2.85. The maximum absolute atomic E-state index is 13.3. The molecule has 1 aromatic carbocycles. The van der Waals surface area contributed by atoms with Crippen LogP contribution in [0.1, 0.15) is 13.3 Å². The molecule has 0 bridgehead atoms. The van der Waals surface area contributed by atoms with E-state index in [0.717, 1.165) is 32.8 Å². The smallest absolute Gasteiger partial charge is 0.223 e. The molecule has 0 spiro atoms. The van der Waals surface area contributed by atoms with Gasteiger partial charge in [-0.1, -0.05) is 6.07 Å². The van der Waals surface area contributed by atoms with Crippen LogP contribution in [0.4, 0.5) is 10.1 Å². The van der Waals surface area contributed by atoms with Gasteiger partial charge in [0.15, 0.2) is 0 Å². The molecule has 0 aromatic heterocycles. The summed E-state index contributed by atoms with van der Waals surface area (Å²) in [6, 6.07) is 5.81. The van der Waals surface area contributed by atoms with Gasteiger partial charge in [0.1, 0.15) is 5.82 Å². The van der Waals surface area contributed by atoms with Crippen molar-refractivity contribution in [1.82, 2.24) is 10.2 Å². The first-order chi connectivity index (χ1) is 11.6. The number of morpholine rings is 1. The Balaban J connectivity index is 1.75. The van der Waals surface area contributed by atoms with E-state index in [0.29, 0.717) is 12.2 Å². The maximum atomic E-state index is 13.3. The van der Waals surface area contributed by atoms with Crippen LogP contribution in [0.5, 0.6) is 0 Å². The molecule has 0 atom stereocenters. The van der Waals surface area contributed by atoms with E-state index in [4.69, 9.17) is 4.74 Å². The van der Waals surface area contributed by atoms with Crippen molar-refractivity contribution in [2.24, 2.45) is 0 Å². The summed E-state index contributed by atoms with van der Waals surface area (Å²) >= 11 is 0. The number of rotatable bonds is 7. The number of halogens is 1. The molecule has 2 rings (SSSR count). The van der Waals surface area contributed by atoms with Crippen molar-refractivity contribution in [3.05, 3.63) is 30.1 Å². The van der Waals surface area contributed by atoms with Gasteiger partial charge in [0.2, 0.25) is 11.8 Å². The molecule has 1 saturated heterocycles. The Morgan fingerprint density at radius 2 is 2.08 bits per heavy atom. The van der Waals surface area contributed by atoms with E-state index in [1.165, 1.54) is 24.0 Å². The average Bonchev–Trinajstić information content (AvgIpc) is 2.56. The molecule has 0 aliphatic carbocycles. The van der Waals surface area contributed by atoms with E-state index in [1.807, 2.05) is 0 Å². The van der Waals surface area contributed by atoms with Crippen LogP contribution in [-0.2, 0) is 14.3 Å². The number of carbonyl (C=O) groups excluding carboxylic acids is 2. The second-order valence-electron chi connectivity index (χ2n) is 5.70. The second kappa shape index (κ2) is 9.34. The molecule has 1 N–H and O–H groups in total. The summed E-state index contributed by atoms with van der Waals surface area (Å²) in [6.07, 6.45) is 0.180. The molecule has 1 heterocycles. The van der Waals surface area contributed by atoms with Crippen molar-refractivity contribution in [1.29, 1.82) is 0 Å². The monoisotopic (exact) mass is 337 g/mol. The van der Waals surface area contributed by atoms with Crippen LogP contribution >= 0.6 is 0 Å². The molecule has 1 aromatic rings. The van der Waals surface area contributed by atoms with Crippen LogP contribution in [-0.4, -0.2) is 62.7 Å². The molecule has 24 heavy (non-hydrogen) atoms. The third kappa shape index (κ3) is 5.90. The van der Waals surface area contributed by atoms with Crippen molar-refractivity contribution in [2.75, 3.05) is 50.8 Å². The van der Waals surface area contributed by atoms with Crippen LogP contribution in [0, 0.1) is 5.82 Å². The van der Waals surface area contributed by atoms with Gasteiger partial charge in [-0.05, 0) is 18.2 Å². The van der Waals surface area contributed by atoms with Gasteiger partial charge in [-0.2, -0.15) is 0 Å². The number of nitrogens with zero attached hydrogens (tertiary/aromatic N) is 2. The third-order valence-electron chi connectivity index (χ3n) is 3.92. The first-order valence-corrected chi connectivity index (χ1v) is 8.17. The Hall–Kier alpha value is -1.99. The van der Waals surface area contributed by atoms with Crippen molar-refractivity contribution >= 4 is 17.5 Å². The Morgan fingerprint density at radius 3 is 2.75 bits per heavy atom. The average molecular weight is 337 g/mol. The minimum absolute atomic E-state index is 0.120. The normalized spacial score (nSPS) is 15.1. The highest BCUT2D eigenvalue weighted by Gasteiger charge is 2.14. The number of nitrogens with one attached hydrogen (secondary N) is 1. The summed E-state index contributed by atoms with van der Waals surface area (Å²) < 4.78 is 18.6. The fourth-order valence-corrected chi connectivity index (χ4v) is 2.59. The van der Waals surface area contributed by atoms with Crippen molar-refractivity contribution < 1.29 is 18.7 Å². The largest absolute Gasteiger partial charge is 0.379 e. The van der Waals surface area contributed by atoms with Gasteiger partial charge in [0.05, 0.1) is 13.2 Å². The molecular formula is C17H24FN3O3. The van der Waals surface area contributed by atoms with E-state index in [2.05, 4.69) is 10.2 Å². The van der Waals surface area contributed by atoms with Gasteiger partial charge in [0, 0.05) is 51.8 Å². The van der Waals surface area contributed by atoms with Gasteiger partial charge in [-0.25, -0.2) is 4.39 Å². The topological polar surface area (TPSA) is 61.9 Å². The zero-order valence-corrected chi connectivity index (χ0v) is 14.0. The highest BCUT2D eigenvalue weighted by molar-refractivity contribution is 5.92. The number of anilines is 1. The second-order valence-corrected chi connectivity index (χ2v) is 5.70. The molecule has 132 valence electrons. The summed E-state index contributed by atoms with van der Waals surface area (Å²) in [7, 11) is 0. The molecule has 1 fully saturated rings. The van der Waals surface area contributed by atoms with Gasteiger partial charge in [-0.15, -0.1) is 0 Å². The minimum Gasteiger partial charge on any atom is -0.379 e. The number of carbonyl (C=O) groups is 2. The summed E-state index contributed by atoms with van der Waals surface area (Å²) in [6.45, 7) is 6.21. The number of benzene rings is 1. The molecule has 0 radical (unpaired) electrons. The standard InChI is InChI=1S/C17H24FN3O3/c1-14(22)21(16-4-2-3-15(18)13-16)7-5-17(23)19-6-8-20-9-11-24-12-10-20/h2-4,13H,5-12H2,1H3,(H,19,23). The molecule has 7 heteroatoms. The SMILES string of the molecule is CC(=O)N(CCC(=O)NCCN1CCOCC1)c1cccc(F)c1. The lowest BCUT2D eigenvalue weighted by molar-refractivity contribution is -0.121. The number of hydrogen-bond acceptors (Lipinski definition) is 4. The molecule has 6 nitrogen and oxygen atoms in total. The van der Waals surface area contributed by atoms with Gasteiger partial charge < -0.3 is 15.0 Å². The van der Waals surface area contributed by atoms with Crippen LogP contribution in [0.2, 0.25) is 0 Å². The quantitative estimate of drug-likeness (QED) is 0.807. The molecule has 2 amide bonds. The lowest BCUT2D eigenvalue weighted by atomic mass is 10.2. The van der Waals surface area contributed by atoms with Gasteiger partial charge >= 0.3 is 0 Å². The first-order valence-electron chi connectivity index (χ1n) is 8.17. The molecule has 0 unspecified atom stereocenters. The third-order valence-corrected chi connectivity index (χ3v) is 3.92. The fourth-order valence-electron chi connectivity index (χ4n) is 2.59. The highest BCUT2D eigenvalue weighted by Crippen LogP contribution is 2.16. The number of ether oxygens (including phenoxy) is 1. The van der Waals surface area contributed by atoms with Crippen LogP contribution in [0.25, 0.3) is 0 Å². The Kier molecular flexibility index (Phi) is 7.14. The predicted octanol–water partition coefficient (Wildman–Crippen LogP) is 1.02. The molecular weight excluding hydrogens is 313 g/mol. The maximum Gasteiger partial charge on any atom is 0.223 e. The van der Waals surface area contributed by atoms with E-state index in [1.54, 1.807) is 12.1 Å². The lowest BCUT2D eigenvalue weighted by Gasteiger charge is -2.26. The highest BCUT2D eigenvalue weighted by atomic mass is 19.1. The number of hydrogen-bond donors (Lipinski definition) is 1. The van der Waals surface area contributed by atoms with Crippen LogP contribution in [0.3, 0.4) is 0 Å².